The van der Waals surface area contributed by atoms with Crippen LogP contribution in [0.3, 0.4) is 0 Å². The van der Waals surface area contributed by atoms with Crippen LogP contribution in [0.1, 0.15) is 44.4 Å². The van der Waals surface area contributed by atoms with Gasteiger partial charge in [-0.15, -0.1) is 0 Å². The highest BCUT2D eigenvalue weighted by atomic mass is 35.5. The Bertz CT molecular complexity index is 1680. The van der Waals surface area contributed by atoms with Crippen molar-refractivity contribution in [3.8, 4) is 12.1 Å². The summed E-state index contributed by atoms with van der Waals surface area (Å²) in [5.74, 6) is -1.02. The summed E-state index contributed by atoms with van der Waals surface area (Å²) < 4.78 is 20.3. The summed E-state index contributed by atoms with van der Waals surface area (Å²) in [5, 5.41) is 12.3. The lowest BCUT2D eigenvalue weighted by Gasteiger charge is -2.42. The number of fused-ring (bicyclic) bond motifs is 2. The molecule has 0 bridgehead atoms. The van der Waals surface area contributed by atoms with Gasteiger partial charge >= 0.3 is 6.01 Å². The Labute approximate surface area is 275 Å². The molecular weight excluding hydrogens is 605 g/mol. The molecule has 1 aliphatic carbocycles. The van der Waals surface area contributed by atoms with Crippen LogP contribution in [0.25, 0.3) is 10.8 Å². The number of nitriles is 1. The number of carbonyl (C=O) groups is 1. The fourth-order valence-corrected chi connectivity index (χ4v) is 6.94. The average Bonchev–Trinajstić information content (AvgIpc) is 3.82. The first-order chi connectivity index (χ1) is 22.1. The van der Waals surface area contributed by atoms with E-state index in [1.165, 1.54) is 4.90 Å². The molecule has 2 aromatic carbocycles. The first-order valence-corrected chi connectivity index (χ1v) is 16.4. The molecular formula is C35H41ClFN7O2. The van der Waals surface area contributed by atoms with E-state index in [9.17, 15) is 14.4 Å². The maximum absolute atomic E-state index is 13.9. The Morgan fingerprint density at radius 3 is 2.65 bits per heavy atom. The minimum atomic E-state index is -1.02. The molecule has 6 rings (SSSR count). The minimum absolute atomic E-state index is 0.0770. The van der Waals surface area contributed by atoms with Gasteiger partial charge < -0.3 is 24.3 Å². The molecule has 1 amide bonds. The second-order valence-corrected chi connectivity index (χ2v) is 13.6. The molecule has 1 aromatic heterocycles. The predicted molar refractivity (Wildman–Crippen MR) is 179 cm³/mol. The summed E-state index contributed by atoms with van der Waals surface area (Å²) in [6.45, 7) is 11.4. The second kappa shape index (κ2) is 13.0. The third kappa shape index (κ3) is 6.49. The van der Waals surface area contributed by atoms with Gasteiger partial charge in [-0.05, 0) is 57.7 Å². The van der Waals surface area contributed by atoms with E-state index in [-0.39, 0.29) is 18.4 Å². The maximum Gasteiger partial charge on any atom is 0.318 e. The smallest absolute Gasteiger partial charge is 0.318 e. The van der Waals surface area contributed by atoms with Crippen LogP contribution in [0.4, 0.5) is 15.9 Å². The topological polar surface area (TPSA) is 88.8 Å². The fraction of sp³-hybridized carbons (Fsp3) is 0.486. The molecule has 0 radical (unpaired) electrons. The van der Waals surface area contributed by atoms with Gasteiger partial charge in [0.15, 0.2) is 5.83 Å². The van der Waals surface area contributed by atoms with Crippen LogP contribution < -0.4 is 14.5 Å². The van der Waals surface area contributed by atoms with Crippen molar-refractivity contribution in [2.24, 2.45) is 5.41 Å². The zero-order valence-electron chi connectivity index (χ0n) is 26.8. The van der Waals surface area contributed by atoms with Gasteiger partial charge in [0.05, 0.1) is 42.4 Å². The van der Waals surface area contributed by atoms with E-state index in [2.05, 4.69) is 72.5 Å². The van der Waals surface area contributed by atoms with Crippen LogP contribution in [0.2, 0.25) is 5.02 Å². The largest absolute Gasteiger partial charge is 0.463 e. The number of carbonyl (C=O) groups excluding carboxylic acids is 1. The van der Waals surface area contributed by atoms with E-state index >= 15 is 0 Å². The maximum atomic E-state index is 13.9. The number of hydrogen-bond donors (Lipinski definition) is 0. The Hall–Kier alpha value is -3.94. The lowest BCUT2D eigenvalue weighted by molar-refractivity contribution is -0.131. The van der Waals surface area contributed by atoms with Crippen molar-refractivity contribution >= 4 is 39.8 Å². The molecule has 242 valence electrons. The summed E-state index contributed by atoms with van der Waals surface area (Å²) in [7, 11) is 2.15. The molecule has 3 aliphatic rings. The summed E-state index contributed by atoms with van der Waals surface area (Å²) in [6, 6.07) is 14.6. The molecule has 9 nitrogen and oxygen atoms in total. The Kier molecular flexibility index (Phi) is 9.08. The van der Waals surface area contributed by atoms with Crippen LogP contribution >= 0.6 is 11.6 Å². The summed E-state index contributed by atoms with van der Waals surface area (Å²) in [4.78, 5) is 30.7. The first kappa shape index (κ1) is 32.0. The highest BCUT2D eigenvalue weighted by Gasteiger charge is 2.45. The van der Waals surface area contributed by atoms with Crippen LogP contribution in [-0.4, -0.2) is 84.1 Å². The summed E-state index contributed by atoms with van der Waals surface area (Å²) in [6.07, 6.45) is 2.97. The van der Waals surface area contributed by atoms with Crippen LogP contribution in [0.5, 0.6) is 6.01 Å². The molecule has 3 heterocycles. The monoisotopic (exact) mass is 645 g/mol. The summed E-state index contributed by atoms with van der Waals surface area (Å²) in [5.41, 5.74) is 3.05. The lowest BCUT2D eigenvalue weighted by Crippen LogP contribution is -2.55. The number of hydrogen-bond acceptors (Lipinski definition) is 8. The van der Waals surface area contributed by atoms with Gasteiger partial charge in [0, 0.05) is 60.8 Å². The number of halogens is 2. The molecule has 0 N–H and O–H groups in total. The number of aromatic nitrogens is 2. The van der Waals surface area contributed by atoms with Gasteiger partial charge in [0.25, 0.3) is 5.91 Å². The lowest BCUT2D eigenvalue weighted by atomic mass is 10.0. The van der Waals surface area contributed by atoms with E-state index in [4.69, 9.17) is 26.3 Å². The van der Waals surface area contributed by atoms with Crippen LogP contribution in [0, 0.1) is 16.7 Å². The zero-order valence-corrected chi connectivity index (χ0v) is 27.6. The van der Waals surface area contributed by atoms with Crippen molar-refractivity contribution in [1.82, 2.24) is 19.8 Å². The highest BCUT2D eigenvalue weighted by Crippen LogP contribution is 2.47. The van der Waals surface area contributed by atoms with Crippen molar-refractivity contribution in [3.63, 3.8) is 0 Å². The van der Waals surface area contributed by atoms with Crippen molar-refractivity contribution in [2.75, 3.05) is 56.2 Å². The molecule has 46 heavy (non-hydrogen) atoms. The van der Waals surface area contributed by atoms with E-state index in [0.29, 0.717) is 49.7 Å². The molecule has 2 aliphatic heterocycles. The number of amides is 1. The Morgan fingerprint density at radius 2 is 1.96 bits per heavy atom. The van der Waals surface area contributed by atoms with E-state index in [1.807, 2.05) is 12.1 Å². The number of ether oxygens (including phenoxy) is 1. The van der Waals surface area contributed by atoms with E-state index in [0.717, 1.165) is 59.5 Å². The molecule has 2 fully saturated rings. The van der Waals surface area contributed by atoms with E-state index < -0.39 is 17.8 Å². The van der Waals surface area contributed by atoms with Crippen molar-refractivity contribution < 1.29 is 13.9 Å². The molecule has 1 atom stereocenters. The van der Waals surface area contributed by atoms with Gasteiger partial charge in [-0.25, -0.2) is 4.39 Å². The normalized spacial score (nSPS) is 18.9. The SMILES string of the molecule is C=C(F)C(=O)N1CCN(c2nc(OCC3(CN(C)C(C)C)CC3)nc3c2CCN(c2cccc4cccc(Cl)c24)C3)C[C@@H]1CC#N. The minimum Gasteiger partial charge on any atom is -0.463 e. The molecule has 0 spiro atoms. The number of rotatable bonds is 10. The van der Waals surface area contributed by atoms with Crippen molar-refractivity contribution in [1.29, 1.82) is 5.26 Å². The van der Waals surface area contributed by atoms with Gasteiger partial charge in [-0.3, -0.25) is 4.79 Å². The highest BCUT2D eigenvalue weighted by molar-refractivity contribution is 6.36. The molecule has 1 saturated carbocycles. The van der Waals surface area contributed by atoms with Gasteiger partial charge in [-0.2, -0.15) is 15.2 Å². The third-order valence-electron chi connectivity index (χ3n) is 9.73. The zero-order chi connectivity index (χ0) is 32.6. The number of nitrogens with zero attached hydrogens (tertiary/aromatic N) is 7. The average molecular weight is 646 g/mol. The Morgan fingerprint density at radius 1 is 1.20 bits per heavy atom. The van der Waals surface area contributed by atoms with Crippen LogP contribution in [0.15, 0.2) is 48.8 Å². The van der Waals surface area contributed by atoms with Crippen molar-refractivity contribution in [3.05, 3.63) is 65.1 Å². The van der Waals surface area contributed by atoms with Gasteiger partial charge in [0.1, 0.15) is 5.82 Å². The predicted octanol–water partition coefficient (Wildman–Crippen LogP) is 5.76. The standard InChI is InChI=1S/C35H41ClFN7O2/c1-23(2)41(4)21-35(13-14-35)22-46-34-39-29-20-42(30-10-6-8-25-7-5-9-28(36)31(25)30)16-12-27(29)32(40-34)43-17-18-44(33(45)24(3)37)26(19-43)11-15-38/h5-10,23,26H,3,11-14,16-22H2,1-2,4H3/t26-/m0/s1. The van der Waals surface area contributed by atoms with Gasteiger partial charge in [0.2, 0.25) is 0 Å². The first-order valence-electron chi connectivity index (χ1n) is 16.0. The van der Waals surface area contributed by atoms with Crippen molar-refractivity contribution in [2.45, 2.75) is 58.2 Å². The molecule has 1 saturated heterocycles. The number of anilines is 2. The van der Waals surface area contributed by atoms with Crippen LogP contribution in [-0.2, 0) is 17.8 Å². The molecule has 3 aromatic rings. The van der Waals surface area contributed by atoms with E-state index in [1.54, 1.807) is 0 Å². The molecule has 11 heteroatoms. The summed E-state index contributed by atoms with van der Waals surface area (Å²) >= 11 is 6.71. The fourth-order valence-electron chi connectivity index (χ4n) is 6.67. The molecule has 0 unspecified atom stereocenters. The Balaban J connectivity index is 1.33. The number of piperazine rings is 1. The third-order valence-corrected chi connectivity index (χ3v) is 10.0. The quantitative estimate of drug-likeness (QED) is 0.257. The number of benzene rings is 2. The second-order valence-electron chi connectivity index (χ2n) is 13.2. The van der Waals surface area contributed by atoms with Gasteiger partial charge in [-0.1, -0.05) is 42.4 Å².